The maximum Gasteiger partial charge on any atom is 0.200 e. The quantitative estimate of drug-likeness (QED) is 0.132. The molecule has 0 bridgehead atoms. The smallest absolute Gasteiger partial charge is 0.200 e. The molecule has 0 saturated carbocycles. The molecule has 0 fully saturated rings. The SMILES string of the molecule is NCCCCCCCCCCCCCCCCc1c(F)c(F)c(F)c(F)c1F. The number of unbranched alkanes of at least 4 members (excludes halogenated alkanes) is 13. The van der Waals surface area contributed by atoms with Crippen LogP contribution in [0.15, 0.2) is 0 Å². The van der Waals surface area contributed by atoms with Gasteiger partial charge in [0.05, 0.1) is 0 Å². The lowest BCUT2D eigenvalue weighted by molar-refractivity contribution is 0.368. The average Bonchev–Trinajstić information content (AvgIpc) is 2.70. The minimum atomic E-state index is -2.09. The van der Waals surface area contributed by atoms with E-state index in [1.54, 1.807) is 0 Å². The predicted molar refractivity (Wildman–Crippen MR) is 104 cm³/mol. The summed E-state index contributed by atoms with van der Waals surface area (Å²) in [5.41, 5.74) is 4.77. The van der Waals surface area contributed by atoms with Crippen LogP contribution in [0.25, 0.3) is 0 Å². The van der Waals surface area contributed by atoms with Crippen LogP contribution >= 0.6 is 0 Å². The molecule has 1 nitrogen and oxygen atoms in total. The summed E-state index contributed by atoms with van der Waals surface area (Å²) in [6.45, 7) is 0.789. The molecule has 0 aromatic heterocycles. The van der Waals surface area contributed by atoms with E-state index in [9.17, 15) is 22.0 Å². The van der Waals surface area contributed by atoms with Crippen LogP contribution in [0.1, 0.15) is 95.5 Å². The highest BCUT2D eigenvalue weighted by Gasteiger charge is 2.24. The molecule has 0 spiro atoms. The van der Waals surface area contributed by atoms with Crippen LogP contribution in [0.2, 0.25) is 0 Å². The van der Waals surface area contributed by atoms with Crippen molar-refractivity contribution in [2.24, 2.45) is 5.73 Å². The molecule has 2 N–H and O–H groups in total. The molecule has 0 aliphatic rings. The maximum atomic E-state index is 13.6. The van der Waals surface area contributed by atoms with Crippen molar-refractivity contribution in [3.05, 3.63) is 34.6 Å². The minimum absolute atomic E-state index is 0.128. The molecule has 0 heterocycles. The first-order valence-corrected chi connectivity index (χ1v) is 10.7. The molecule has 0 amide bonds. The molecule has 162 valence electrons. The van der Waals surface area contributed by atoms with E-state index in [2.05, 4.69) is 0 Å². The molecule has 0 atom stereocenters. The Bertz CT molecular complexity index is 533. The summed E-state index contributed by atoms with van der Waals surface area (Å²) < 4.78 is 66.4. The first-order valence-electron chi connectivity index (χ1n) is 10.7. The van der Waals surface area contributed by atoms with Gasteiger partial charge in [-0.25, -0.2) is 22.0 Å². The third kappa shape index (κ3) is 8.89. The molecular weight excluding hydrogens is 373 g/mol. The predicted octanol–water partition coefficient (Wildman–Crippen LogP) is 7.34. The maximum absolute atomic E-state index is 13.6. The second-order valence-electron chi connectivity index (χ2n) is 7.54. The van der Waals surface area contributed by atoms with Crippen LogP contribution in [-0.4, -0.2) is 6.54 Å². The molecule has 0 saturated heterocycles. The van der Waals surface area contributed by atoms with Gasteiger partial charge in [0.1, 0.15) is 0 Å². The van der Waals surface area contributed by atoms with E-state index in [0.717, 1.165) is 38.6 Å². The van der Waals surface area contributed by atoms with Gasteiger partial charge >= 0.3 is 0 Å². The molecule has 6 heteroatoms. The van der Waals surface area contributed by atoms with Gasteiger partial charge in [0.25, 0.3) is 0 Å². The standard InChI is InChI=1S/C22H34F5N/c23-18-17(19(24)21(26)22(27)20(18)25)15-13-11-9-7-5-3-1-2-4-6-8-10-12-14-16-28/h1-16,28H2. The molecular formula is C22H34F5N. The van der Waals surface area contributed by atoms with Gasteiger partial charge in [-0.3, -0.25) is 0 Å². The van der Waals surface area contributed by atoms with Crippen molar-refractivity contribution >= 4 is 0 Å². The van der Waals surface area contributed by atoms with Gasteiger partial charge in [0, 0.05) is 5.56 Å². The Morgan fingerprint density at radius 3 is 1.04 bits per heavy atom. The fourth-order valence-corrected chi connectivity index (χ4v) is 3.44. The molecule has 28 heavy (non-hydrogen) atoms. The number of halogens is 5. The van der Waals surface area contributed by atoms with Crippen molar-refractivity contribution in [2.75, 3.05) is 6.54 Å². The Kier molecular flexibility index (Phi) is 13.1. The molecule has 1 aromatic carbocycles. The van der Waals surface area contributed by atoms with E-state index in [0.29, 0.717) is 6.42 Å². The highest BCUT2D eigenvalue weighted by Crippen LogP contribution is 2.24. The normalized spacial score (nSPS) is 11.4. The van der Waals surface area contributed by atoms with E-state index in [1.807, 2.05) is 0 Å². The first kappa shape index (κ1) is 24.9. The number of hydrogen-bond donors (Lipinski definition) is 1. The van der Waals surface area contributed by atoms with Gasteiger partial charge in [-0.2, -0.15) is 0 Å². The second kappa shape index (κ2) is 14.8. The topological polar surface area (TPSA) is 26.0 Å². The van der Waals surface area contributed by atoms with E-state index < -0.39 is 34.6 Å². The third-order valence-electron chi connectivity index (χ3n) is 5.18. The van der Waals surface area contributed by atoms with Crippen LogP contribution in [0.3, 0.4) is 0 Å². The van der Waals surface area contributed by atoms with E-state index in [-0.39, 0.29) is 6.42 Å². The van der Waals surface area contributed by atoms with Crippen LogP contribution < -0.4 is 5.73 Å². The lowest BCUT2D eigenvalue weighted by Gasteiger charge is -2.08. The molecule has 0 aliphatic heterocycles. The first-order chi connectivity index (χ1) is 13.5. The molecule has 0 radical (unpaired) electrons. The van der Waals surface area contributed by atoms with Gasteiger partial charge in [0.15, 0.2) is 23.3 Å². The zero-order valence-electron chi connectivity index (χ0n) is 16.8. The summed E-state index contributed by atoms with van der Waals surface area (Å²) in [6, 6.07) is 0. The zero-order chi connectivity index (χ0) is 20.8. The van der Waals surface area contributed by atoms with E-state index in [1.165, 1.54) is 51.4 Å². The number of hydrogen-bond acceptors (Lipinski definition) is 1. The minimum Gasteiger partial charge on any atom is -0.330 e. The molecule has 0 aliphatic carbocycles. The summed E-state index contributed by atoms with van der Waals surface area (Å²) in [6.07, 6.45) is 15.3. The molecule has 1 aromatic rings. The van der Waals surface area contributed by atoms with Gasteiger partial charge < -0.3 is 5.73 Å². The number of rotatable bonds is 16. The van der Waals surface area contributed by atoms with Crippen LogP contribution in [0.4, 0.5) is 22.0 Å². The highest BCUT2D eigenvalue weighted by atomic mass is 19.2. The van der Waals surface area contributed by atoms with Crippen molar-refractivity contribution in [2.45, 2.75) is 96.3 Å². The van der Waals surface area contributed by atoms with Gasteiger partial charge in [-0.05, 0) is 25.8 Å². The van der Waals surface area contributed by atoms with Gasteiger partial charge in [0.2, 0.25) is 5.82 Å². The Hall–Kier alpha value is -1.17. The van der Waals surface area contributed by atoms with Gasteiger partial charge in [-0.15, -0.1) is 0 Å². The summed E-state index contributed by atoms with van der Waals surface area (Å²) in [5.74, 6) is -9.20. The van der Waals surface area contributed by atoms with Crippen LogP contribution in [-0.2, 0) is 6.42 Å². The summed E-state index contributed by atoms with van der Waals surface area (Å²) >= 11 is 0. The van der Waals surface area contributed by atoms with Crippen LogP contribution in [0.5, 0.6) is 0 Å². The van der Waals surface area contributed by atoms with Crippen molar-refractivity contribution in [1.29, 1.82) is 0 Å². The van der Waals surface area contributed by atoms with Crippen molar-refractivity contribution in [1.82, 2.24) is 0 Å². The van der Waals surface area contributed by atoms with Crippen molar-refractivity contribution < 1.29 is 22.0 Å². The van der Waals surface area contributed by atoms with Crippen LogP contribution in [0, 0.1) is 29.1 Å². The fraction of sp³-hybridized carbons (Fsp3) is 0.727. The third-order valence-corrected chi connectivity index (χ3v) is 5.18. The van der Waals surface area contributed by atoms with Crippen molar-refractivity contribution in [3.63, 3.8) is 0 Å². The highest BCUT2D eigenvalue weighted by molar-refractivity contribution is 5.24. The zero-order valence-corrected chi connectivity index (χ0v) is 16.8. The van der Waals surface area contributed by atoms with Gasteiger partial charge in [-0.1, -0.05) is 77.0 Å². The largest absolute Gasteiger partial charge is 0.330 e. The summed E-state index contributed by atoms with van der Waals surface area (Å²) in [4.78, 5) is 0. The number of benzene rings is 1. The lowest BCUT2D eigenvalue weighted by Crippen LogP contribution is -2.07. The monoisotopic (exact) mass is 407 g/mol. The number of nitrogens with two attached hydrogens (primary N) is 1. The Labute approximate surface area is 165 Å². The summed E-state index contributed by atoms with van der Waals surface area (Å²) in [5, 5.41) is 0. The average molecular weight is 408 g/mol. The Morgan fingerprint density at radius 2 is 0.679 bits per heavy atom. The Balaban J connectivity index is 2.02. The van der Waals surface area contributed by atoms with E-state index >= 15 is 0 Å². The summed E-state index contributed by atoms with van der Waals surface area (Å²) in [7, 11) is 0. The molecule has 0 unspecified atom stereocenters. The van der Waals surface area contributed by atoms with Crippen molar-refractivity contribution in [3.8, 4) is 0 Å². The van der Waals surface area contributed by atoms with E-state index in [4.69, 9.17) is 5.73 Å². The molecule has 1 rings (SSSR count). The fourth-order valence-electron chi connectivity index (χ4n) is 3.44. The second-order valence-corrected chi connectivity index (χ2v) is 7.54. The lowest BCUT2D eigenvalue weighted by atomic mass is 10.0. The Morgan fingerprint density at radius 1 is 0.393 bits per heavy atom.